The highest BCUT2D eigenvalue weighted by atomic mass is 35.5. The summed E-state index contributed by atoms with van der Waals surface area (Å²) in [6.45, 7) is 2.02. The van der Waals surface area contributed by atoms with Gasteiger partial charge in [-0.05, 0) is 30.7 Å². The van der Waals surface area contributed by atoms with Crippen LogP contribution in [0.25, 0.3) is 10.3 Å². The molecule has 0 N–H and O–H groups in total. The number of nitrogens with zero attached hydrogens (tertiary/aromatic N) is 4. The second kappa shape index (κ2) is 6.20. The molecule has 0 saturated carbocycles. The molecule has 2 aromatic heterocycles. The van der Waals surface area contributed by atoms with Crippen LogP contribution in [0.5, 0.6) is 0 Å². The van der Waals surface area contributed by atoms with E-state index in [1.807, 2.05) is 6.07 Å². The summed E-state index contributed by atoms with van der Waals surface area (Å²) in [7, 11) is -3.82. The number of rotatable bonds is 4. The van der Waals surface area contributed by atoms with Crippen molar-refractivity contribution in [2.75, 3.05) is 10.8 Å². The highest BCUT2D eigenvalue weighted by molar-refractivity contribution is 7.94. The van der Waals surface area contributed by atoms with Crippen molar-refractivity contribution in [1.82, 2.24) is 15.0 Å². The first-order chi connectivity index (χ1) is 10.9. The van der Waals surface area contributed by atoms with Gasteiger partial charge in [-0.15, -0.1) is 0 Å². The van der Waals surface area contributed by atoms with E-state index in [4.69, 9.17) is 23.2 Å². The van der Waals surface area contributed by atoms with E-state index in [2.05, 4.69) is 15.0 Å². The molecule has 0 bridgehead atoms. The van der Waals surface area contributed by atoms with E-state index in [0.29, 0.717) is 10.4 Å². The van der Waals surface area contributed by atoms with Crippen LogP contribution in [0.15, 0.2) is 34.7 Å². The quantitative estimate of drug-likeness (QED) is 0.503. The van der Waals surface area contributed by atoms with Gasteiger partial charge in [0.15, 0.2) is 10.8 Å². The number of thiazole rings is 1. The van der Waals surface area contributed by atoms with Gasteiger partial charge in [0.1, 0.15) is 4.70 Å². The molecular weight excluding hydrogens is 379 g/mol. The van der Waals surface area contributed by atoms with Gasteiger partial charge in [-0.2, -0.15) is 13.4 Å². The molecule has 0 atom stereocenters. The minimum absolute atomic E-state index is 0.0767. The van der Waals surface area contributed by atoms with Crippen LogP contribution in [0, 0.1) is 0 Å². The van der Waals surface area contributed by atoms with Crippen LogP contribution >= 0.6 is 34.5 Å². The van der Waals surface area contributed by atoms with Crippen molar-refractivity contribution in [2.24, 2.45) is 0 Å². The van der Waals surface area contributed by atoms with E-state index in [9.17, 15) is 8.42 Å². The molecular formula is C13H10Cl2N4O2S2. The second-order valence-electron chi connectivity index (χ2n) is 4.42. The fourth-order valence-electron chi connectivity index (χ4n) is 2.04. The molecule has 0 fully saturated rings. The third kappa shape index (κ3) is 2.99. The lowest BCUT2D eigenvalue weighted by molar-refractivity contribution is 0.591. The fraction of sp³-hybridized carbons (Fsp3) is 0.154. The molecule has 1 aromatic carbocycles. The normalized spacial score (nSPS) is 11.8. The van der Waals surface area contributed by atoms with E-state index < -0.39 is 10.0 Å². The van der Waals surface area contributed by atoms with Crippen molar-refractivity contribution in [1.29, 1.82) is 0 Å². The highest BCUT2D eigenvalue weighted by Crippen LogP contribution is 2.32. The molecule has 0 spiro atoms. The summed E-state index contributed by atoms with van der Waals surface area (Å²) in [6.07, 6.45) is 0. The molecule has 0 aliphatic carbocycles. The minimum Gasteiger partial charge on any atom is -0.265 e. The standard InChI is InChI=1S/C13H10Cl2N4O2S2/c1-2-19(8-6-4-3-5-7-8)23(20,21)13-18-11-9(22-13)10(14)16-12(15)17-11/h3-7H,2H2,1H3. The van der Waals surface area contributed by atoms with Crippen molar-refractivity contribution in [2.45, 2.75) is 11.3 Å². The maximum Gasteiger partial charge on any atom is 0.291 e. The summed E-state index contributed by atoms with van der Waals surface area (Å²) in [5.74, 6) is 0. The summed E-state index contributed by atoms with van der Waals surface area (Å²) < 4.78 is 27.3. The summed E-state index contributed by atoms with van der Waals surface area (Å²) >= 11 is 12.6. The number of aromatic nitrogens is 3. The lowest BCUT2D eigenvalue weighted by Gasteiger charge is -2.21. The molecule has 10 heteroatoms. The molecule has 0 unspecified atom stereocenters. The van der Waals surface area contributed by atoms with E-state index in [-0.39, 0.29) is 27.0 Å². The summed E-state index contributed by atoms with van der Waals surface area (Å²) in [5.41, 5.74) is 0.729. The lowest BCUT2D eigenvalue weighted by Crippen LogP contribution is -2.30. The van der Waals surface area contributed by atoms with Gasteiger partial charge in [0.2, 0.25) is 9.62 Å². The van der Waals surface area contributed by atoms with Gasteiger partial charge in [0.05, 0.1) is 5.69 Å². The number of fused-ring (bicyclic) bond motifs is 1. The van der Waals surface area contributed by atoms with E-state index in [1.165, 1.54) is 4.31 Å². The average molecular weight is 389 g/mol. The summed E-state index contributed by atoms with van der Waals surface area (Å²) in [4.78, 5) is 11.8. The van der Waals surface area contributed by atoms with Gasteiger partial charge in [-0.1, -0.05) is 41.1 Å². The Morgan fingerprint density at radius 2 is 1.83 bits per heavy atom. The van der Waals surface area contributed by atoms with Gasteiger partial charge >= 0.3 is 0 Å². The molecule has 0 aliphatic heterocycles. The zero-order chi connectivity index (χ0) is 16.6. The monoisotopic (exact) mass is 388 g/mol. The molecule has 120 valence electrons. The van der Waals surface area contributed by atoms with Crippen LogP contribution in [-0.4, -0.2) is 29.9 Å². The molecule has 6 nitrogen and oxygen atoms in total. The van der Waals surface area contributed by atoms with E-state index in [1.54, 1.807) is 31.2 Å². The van der Waals surface area contributed by atoms with Crippen molar-refractivity contribution in [3.05, 3.63) is 40.8 Å². The predicted octanol–water partition coefficient (Wildman–Crippen LogP) is 3.61. The first-order valence-corrected chi connectivity index (χ1v) is 9.52. The average Bonchev–Trinajstić information content (AvgIpc) is 2.94. The molecule has 0 radical (unpaired) electrons. The van der Waals surface area contributed by atoms with E-state index >= 15 is 0 Å². The SMILES string of the molecule is CCN(c1ccccc1)S(=O)(=O)c1nc2nc(Cl)nc(Cl)c2s1. The topological polar surface area (TPSA) is 76.1 Å². The number of hydrogen-bond acceptors (Lipinski definition) is 6. The molecule has 0 saturated heterocycles. The van der Waals surface area contributed by atoms with Crippen molar-refractivity contribution in [3.63, 3.8) is 0 Å². The van der Waals surface area contributed by atoms with Crippen LogP contribution in [0.2, 0.25) is 10.4 Å². The molecule has 0 amide bonds. The Hall–Kier alpha value is -1.48. The van der Waals surface area contributed by atoms with Crippen molar-refractivity contribution < 1.29 is 8.42 Å². The number of benzene rings is 1. The molecule has 23 heavy (non-hydrogen) atoms. The second-order valence-corrected chi connectivity index (χ2v) is 8.15. The number of sulfonamides is 1. The smallest absolute Gasteiger partial charge is 0.265 e. The Bertz CT molecular complexity index is 961. The Morgan fingerprint density at radius 3 is 2.48 bits per heavy atom. The van der Waals surface area contributed by atoms with Gasteiger partial charge < -0.3 is 0 Å². The maximum atomic E-state index is 12.9. The van der Waals surface area contributed by atoms with Crippen LogP contribution in [0.3, 0.4) is 0 Å². The molecule has 3 aromatic rings. The Kier molecular flexibility index (Phi) is 4.41. The van der Waals surface area contributed by atoms with Gasteiger partial charge in [0, 0.05) is 6.54 Å². The zero-order valence-electron chi connectivity index (χ0n) is 11.8. The first-order valence-electron chi connectivity index (χ1n) is 6.51. The van der Waals surface area contributed by atoms with Crippen LogP contribution in [0.1, 0.15) is 6.92 Å². The van der Waals surface area contributed by atoms with Crippen molar-refractivity contribution >= 4 is 60.6 Å². The van der Waals surface area contributed by atoms with E-state index in [0.717, 1.165) is 11.3 Å². The number of hydrogen-bond donors (Lipinski definition) is 0. The van der Waals surface area contributed by atoms with Gasteiger partial charge in [-0.25, -0.2) is 9.97 Å². The summed E-state index contributed by atoms with van der Waals surface area (Å²) in [6, 6.07) is 8.80. The number of halogens is 2. The van der Waals surface area contributed by atoms with Gasteiger partial charge in [0.25, 0.3) is 10.0 Å². The Balaban J connectivity index is 2.14. The van der Waals surface area contributed by atoms with Crippen molar-refractivity contribution in [3.8, 4) is 0 Å². The largest absolute Gasteiger partial charge is 0.291 e. The third-order valence-electron chi connectivity index (χ3n) is 3.01. The first kappa shape index (κ1) is 16.4. The van der Waals surface area contributed by atoms with Crippen LogP contribution in [-0.2, 0) is 10.0 Å². The summed E-state index contributed by atoms with van der Waals surface area (Å²) in [5, 5.41) is 0.00821. The van der Waals surface area contributed by atoms with Crippen LogP contribution < -0.4 is 4.31 Å². The number of para-hydroxylation sites is 1. The van der Waals surface area contributed by atoms with Gasteiger partial charge in [-0.3, -0.25) is 4.31 Å². The Labute approximate surface area is 146 Å². The third-order valence-corrected chi connectivity index (χ3v) is 6.87. The lowest BCUT2D eigenvalue weighted by atomic mass is 10.3. The molecule has 3 rings (SSSR count). The molecule has 0 aliphatic rings. The predicted molar refractivity (Wildman–Crippen MR) is 91.9 cm³/mol. The zero-order valence-corrected chi connectivity index (χ0v) is 14.9. The Morgan fingerprint density at radius 1 is 1.13 bits per heavy atom. The van der Waals surface area contributed by atoms with Crippen LogP contribution in [0.4, 0.5) is 5.69 Å². The highest BCUT2D eigenvalue weighted by Gasteiger charge is 2.28. The molecule has 2 heterocycles. The minimum atomic E-state index is -3.82. The maximum absolute atomic E-state index is 12.9. The fourth-order valence-corrected chi connectivity index (χ4v) is 5.22. The number of anilines is 1.